The molecule has 3 heteroatoms. The largest absolute Gasteiger partial charge is 0.507 e. The highest BCUT2D eigenvalue weighted by molar-refractivity contribution is 5.90. The van der Waals surface area contributed by atoms with E-state index < -0.39 is 5.91 Å². The molecule has 0 aliphatic heterocycles. The fraction of sp³-hybridized carbons (Fsp3) is 0.182. The SMILES string of the molecule is CCc1ccc(O)c(/C=C\C(N)=O)c1. The van der Waals surface area contributed by atoms with Crippen molar-refractivity contribution in [3.8, 4) is 5.75 Å². The Kier molecular flexibility index (Phi) is 3.29. The topological polar surface area (TPSA) is 63.3 Å². The van der Waals surface area contributed by atoms with Crippen molar-refractivity contribution < 1.29 is 9.90 Å². The number of phenols is 1. The number of aryl methyl sites for hydroxylation is 1. The number of carbonyl (C=O) groups excluding carboxylic acids is 1. The van der Waals surface area contributed by atoms with Crippen LogP contribution in [0.15, 0.2) is 24.3 Å². The first kappa shape index (κ1) is 10.3. The number of carbonyl (C=O) groups is 1. The van der Waals surface area contributed by atoms with E-state index in [4.69, 9.17) is 5.73 Å². The van der Waals surface area contributed by atoms with Gasteiger partial charge in [-0.25, -0.2) is 0 Å². The van der Waals surface area contributed by atoms with Crippen molar-refractivity contribution in [1.29, 1.82) is 0 Å². The summed E-state index contributed by atoms with van der Waals surface area (Å²) >= 11 is 0. The molecular weight excluding hydrogens is 178 g/mol. The van der Waals surface area contributed by atoms with Gasteiger partial charge in [-0.3, -0.25) is 4.79 Å². The van der Waals surface area contributed by atoms with Crippen LogP contribution in [0.25, 0.3) is 6.08 Å². The van der Waals surface area contributed by atoms with E-state index in [0.717, 1.165) is 12.0 Å². The molecule has 3 N–H and O–H groups in total. The molecule has 0 atom stereocenters. The van der Waals surface area contributed by atoms with Crippen molar-refractivity contribution in [2.24, 2.45) is 5.73 Å². The molecule has 0 radical (unpaired) electrons. The molecule has 1 rings (SSSR count). The zero-order chi connectivity index (χ0) is 10.6. The Morgan fingerprint density at radius 3 is 2.86 bits per heavy atom. The highest BCUT2D eigenvalue weighted by Crippen LogP contribution is 2.20. The number of hydrogen-bond donors (Lipinski definition) is 2. The lowest BCUT2D eigenvalue weighted by Crippen LogP contribution is -2.05. The van der Waals surface area contributed by atoms with Crippen LogP contribution in [-0.2, 0) is 11.2 Å². The molecule has 0 heterocycles. The van der Waals surface area contributed by atoms with Crippen molar-refractivity contribution in [2.45, 2.75) is 13.3 Å². The molecule has 3 nitrogen and oxygen atoms in total. The molecule has 0 aliphatic carbocycles. The highest BCUT2D eigenvalue weighted by Gasteiger charge is 1.98. The lowest BCUT2D eigenvalue weighted by atomic mass is 10.1. The molecule has 0 fully saturated rings. The predicted molar refractivity (Wildman–Crippen MR) is 55.7 cm³/mol. The Morgan fingerprint density at radius 2 is 2.29 bits per heavy atom. The van der Waals surface area contributed by atoms with E-state index in [0.29, 0.717) is 5.56 Å². The average Bonchev–Trinajstić information content (AvgIpc) is 2.16. The summed E-state index contributed by atoms with van der Waals surface area (Å²) in [6.07, 6.45) is 3.63. The van der Waals surface area contributed by atoms with E-state index in [9.17, 15) is 9.90 Å². The summed E-state index contributed by atoms with van der Waals surface area (Å²) in [5.74, 6) is -0.369. The van der Waals surface area contributed by atoms with Crippen LogP contribution in [0.1, 0.15) is 18.1 Å². The van der Waals surface area contributed by atoms with Crippen molar-refractivity contribution in [3.05, 3.63) is 35.4 Å². The van der Waals surface area contributed by atoms with Gasteiger partial charge in [0.25, 0.3) is 0 Å². The van der Waals surface area contributed by atoms with Crippen LogP contribution in [0.4, 0.5) is 0 Å². The first-order valence-electron chi connectivity index (χ1n) is 4.43. The smallest absolute Gasteiger partial charge is 0.241 e. The first-order chi connectivity index (χ1) is 6.63. The maximum atomic E-state index is 10.5. The van der Waals surface area contributed by atoms with Gasteiger partial charge in [-0.2, -0.15) is 0 Å². The highest BCUT2D eigenvalue weighted by atomic mass is 16.3. The molecule has 1 amide bonds. The summed E-state index contributed by atoms with van der Waals surface area (Å²) in [7, 11) is 0. The number of nitrogens with two attached hydrogens (primary N) is 1. The third-order valence-corrected chi connectivity index (χ3v) is 1.93. The Bertz CT molecular complexity index is 370. The van der Waals surface area contributed by atoms with E-state index in [1.165, 1.54) is 12.2 Å². The number of amides is 1. The normalized spacial score (nSPS) is 10.6. The predicted octanol–water partition coefficient (Wildman–Crippen LogP) is 1.45. The monoisotopic (exact) mass is 191 g/mol. The maximum Gasteiger partial charge on any atom is 0.241 e. The van der Waals surface area contributed by atoms with Gasteiger partial charge in [0.2, 0.25) is 5.91 Å². The fourth-order valence-electron chi connectivity index (χ4n) is 1.13. The second-order valence-electron chi connectivity index (χ2n) is 2.98. The van der Waals surface area contributed by atoms with E-state index >= 15 is 0 Å². The number of rotatable bonds is 3. The molecule has 1 aromatic rings. The van der Waals surface area contributed by atoms with Crippen LogP contribution in [0, 0.1) is 0 Å². The summed E-state index contributed by atoms with van der Waals surface area (Å²) in [5.41, 5.74) is 6.67. The van der Waals surface area contributed by atoms with Gasteiger partial charge in [0.05, 0.1) is 0 Å². The van der Waals surface area contributed by atoms with E-state index in [-0.39, 0.29) is 5.75 Å². The van der Waals surface area contributed by atoms with Crippen LogP contribution >= 0.6 is 0 Å². The minimum Gasteiger partial charge on any atom is -0.507 e. The number of primary amides is 1. The van der Waals surface area contributed by atoms with Gasteiger partial charge in [-0.05, 0) is 30.2 Å². The first-order valence-corrected chi connectivity index (χ1v) is 4.43. The fourth-order valence-corrected chi connectivity index (χ4v) is 1.13. The Balaban J connectivity index is 3.00. The zero-order valence-electron chi connectivity index (χ0n) is 8.03. The maximum absolute atomic E-state index is 10.5. The summed E-state index contributed by atoms with van der Waals surface area (Å²) in [6, 6.07) is 5.28. The van der Waals surface area contributed by atoms with Crippen LogP contribution < -0.4 is 5.73 Å². The Hall–Kier alpha value is -1.77. The molecule has 74 valence electrons. The molecule has 0 spiro atoms. The van der Waals surface area contributed by atoms with Gasteiger partial charge in [0.1, 0.15) is 5.75 Å². The Morgan fingerprint density at radius 1 is 1.57 bits per heavy atom. The standard InChI is InChI=1S/C11H13NO2/c1-2-8-3-5-10(13)9(7-8)4-6-11(12)14/h3-7,13H,2H2,1H3,(H2,12,14)/b6-4-. The average molecular weight is 191 g/mol. The van der Waals surface area contributed by atoms with Gasteiger partial charge < -0.3 is 10.8 Å². The molecule has 0 saturated heterocycles. The van der Waals surface area contributed by atoms with Gasteiger partial charge in [0, 0.05) is 11.6 Å². The summed E-state index contributed by atoms with van der Waals surface area (Å²) < 4.78 is 0. The zero-order valence-corrected chi connectivity index (χ0v) is 8.03. The molecule has 1 aromatic carbocycles. The quantitative estimate of drug-likeness (QED) is 0.710. The molecule has 0 aromatic heterocycles. The van der Waals surface area contributed by atoms with Crippen molar-refractivity contribution in [1.82, 2.24) is 0 Å². The van der Waals surface area contributed by atoms with Crippen LogP contribution in [0.2, 0.25) is 0 Å². The van der Waals surface area contributed by atoms with Gasteiger partial charge in [-0.15, -0.1) is 0 Å². The van der Waals surface area contributed by atoms with E-state index in [1.54, 1.807) is 6.07 Å². The van der Waals surface area contributed by atoms with E-state index in [2.05, 4.69) is 0 Å². The second-order valence-corrected chi connectivity index (χ2v) is 2.98. The lowest BCUT2D eigenvalue weighted by Gasteiger charge is -2.01. The van der Waals surface area contributed by atoms with Crippen LogP contribution in [0.3, 0.4) is 0 Å². The second kappa shape index (κ2) is 4.46. The van der Waals surface area contributed by atoms with Gasteiger partial charge in [0.15, 0.2) is 0 Å². The van der Waals surface area contributed by atoms with Crippen molar-refractivity contribution in [3.63, 3.8) is 0 Å². The number of phenolic OH excluding ortho intramolecular Hbond substituents is 1. The molecule has 0 saturated carbocycles. The number of benzene rings is 1. The van der Waals surface area contributed by atoms with Crippen LogP contribution in [0.5, 0.6) is 5.75 Å². The third-order valence-electron chi connectivity index (χ3n) is 1.93. The lowest BCUT2D eigenvalue weighted by molar-refractivity contribution is -0.113. The van der Waals surface area contributed by atoms with Crippen molar-refractivity contribution >= 4 is 12.0 Å². The molecular formula is C11H13NO2. The molecule has 0 bridgehead atoms. The molecule has 14 heavy (non-hydrogen) atoms. The number of hydrogen-bond acceptors (Lipinski definition) is 2. The summed E-state index contributed by atoms with van der Waals surface area (Å²) in [6.45, 7) is 2.02. The van der Waals surface area contributed by atoms with Gasteiger partial charge >= 0.3 is 0 Å². The van der Waals surface area contributed by atoms with Crippen molar-refractivity contribution in [2.75, 3.05) is 0 Å². The van der Waals surface area contributed by atoms with E-state index in [1.807, 2.05) is 19.1 Å². The van der Waals surface area contributed by atoms with Crippen LogP contribution in [-0.4, -0.2) is 11.0 Å². The van der Waals surface area contributed by atoms with Gasteiger partial charge in [-0.1, -0.05) is 13.0 Å². The minimum atomic E-state index is -0.522. The summed E-state index contributed by atoms with van der Waals surface area (Å²) in [4.78, 5) is 10.5. The molecule has 0 unspecified atom stereocenters. The Labute approximate surface area is 82.9 Å². The minimum absolute atomic E-state index is 0.153. The summed E-state index contributed by atoms with van der Waals surface area (Å²) in [5, 5.41) is 9.44. The molecule has 0 aliphatic rings. The number of aromatic hydroxyl groups is 1. The third kappa shape index (κ3) is 2.62.